The SMILES string of the molecule is Cc1sc(CC(C)C)nc1N. The van der Waals surface area contributed by atoms with Gasteiger partial charge in [-0.1, -0.05) is 13.8 Å². The van der Waals surface area contributed by atoms with Gasteiger partial charge in [-0.2, -0.15) is 0 Å². The van der Waals surface area contributed by atoms with Gasteiger partial charge in [-0.3, -0.25) is 0 Å². The zero-order valence-electron chi connectivity index (χ0n) is 7.22. The minimum absolute atomic E-state index is 0.667. The number of nitrogen functional groups attached to an aromatic ring is 1. The first kappa shape index (κ1) is 8.53. The Bertz CT molecular complexity index is 221. The van der Waals surface area contributed by atoms with Crippen LogP contribution in [0.5, 0.6) is 0 Å². The quantitative estimate of drug-likeness (QED) is 0.739. The standard InChI is InChI=1S/C8H14N2S/c1-5(2)4-7-10-8(9)6(3)11-7/h5H,4,9H2,1-3H3. The van der Waals surface area contributed by atoms with Crippen LogP contribution in [0.15, 0.2) is 0 Å². The van der Waals surface area contributed by atoms with Crippen molar-refractivity contribution in [2.24, 2.45) is 5.92 Å². The second kappa shape index (κ2) is 3.22. The van der Waals surface area contributed by atoms with E-state index in [1.807, 2.05) is 6.92 Å². The van der Waals surface area contributed by atoms with Crippen LogP contribution in [0.3, 0.4) is 0 Å². The highest BCUT2D eigenvalue weighted by atomic mass is 32.1. The molecular weight excluding hydrogens is 156 g/mol. The van der Waals surface area contributed by atoms with Crippen molar-refractivity contribution in [3.05, 3.63) is 9.88 Å². The van der Waals surface area contributed by atoms with Gasteiger partial charge >= 0.3 is 0 Å². The third kappa shape index (κ3) is 2.19. The molecule has 62 valence electrons. The third-order valence-electron chi connectivity index (χ3n) is 1.46. The number of rotatable bonds is 2. The van der Waals surface area contributed by atoms with Gasteiger partial charge in [0, 0.05) is 11.3 Å². The third-order valence-corrected chi connectivity index (χ3v) is 2.47. The molecule has 0 aromatic carbocycles. The fourth-order valence-electron chi connectivity index (χ4n) is 0.901. The van der Waals surface area contributed by atoms with Crippen molar-refractivity contribution in [1.29, 1.82) is 0 Å². The van der Waals surface area contributed by atoms with Gasteiger partial charge < -0.3 is 5.73 Å². The summed E-state index contributed by atoms with van der Waals surface area (Å²) in [5, 5.41) is 1.16. The average Bonchev–Trinajstić information content (AvgIpc) is 2.10. The minimum atomic E-state index is 0.667. The minimum Gasteiger partial charge on any atom is -0.383 e. The second-order valence-electron chi connectivity index (χ2n) is 3.15. The van der Waals surface area contributed by atoms with Crippen LogP contribution in [0.4, 0.5) is 5.82 Å². The average molecular weight is 170 g/mol. The first-order valence-corrected chi connectivity index (χ1v) is 4.63. The Balaban J connectivity index is 2.73. The van der Waals surface area contributed by atoms with E-state index in [1.54, 1.807) is 11.3 Å². The van der Waals surface area contributed by atoms with Crippen molar-refractivity contribution >= 4 is 17.2 Å². The number of nitrogens with two attached hydrogens (primary N) is 1. The summed E-state index contributed by atoms with van der Waals surface area (Å²) < 4.78 is 0. The van der Waals surface area contributed by atoms with Crippen molar-refractivity contribution in [2.45, 2.75) is 27.2 Å². The van der Waals surface area contributed by atoms with E-state index < -0.39 is 0 Å². The molecule has 0 saturated heterocycles. The normalized spacial score (nSPS) is 10.9. The Morgan fingerprint density at radius 2 is 2.18 bits per heavy atom. The molecule has 0 radical (unpaired) electrons. The summed E-state index contributed by atoms with van der Waals surface area (Å²) in [6.45, 7) is 6.39. The highest BCUT2D eigenvalue weighted by molar-refractivity contribution is 7.12. The Morgan fingerprint density at radius 1 is 1.55 bits per heavy atom. The van der Waals surface area contributed by atoms with Crippen LogP contribution < -0.4 is 5.73 Å². The summed E-state index contributed by atoms with van der Waals surface area (Å²) in [6.07, 6.45) is 1.04. The lowest BCUT2D eigenvalue weighted by molar-refractivity contribution is 0.645. The largest absolute Gasteiger partial charge is 0.383 e. The van der Waals surface area contributed by atoms with Crippen LogP contribution in [0.1, 0.15) is 23.7 Å². The number of nitrogens with zero attached hydrogens (tertiary/aromatic N) is 1. The maximum atomic E-state index is 5.62. The number of hydrogen-bond acceptors (Lipinski definition) is 3. The molecule has 2 nitrogen and oxygen atoms in total. The van der Waals surface area contributed by atoms with Crippen molar-refractivity contribution < 1.29 is 0 Å². The summed E-state index contributed by atoms with van der Waals surface area (Å²) >= 11 is 1.71. The van der Waals surface area contributed by atoms with Crippen molar-refractivity contribution in [1.82, 2.24) is 4.98 Å². The van der Waals surface area contributed by atoms with Crippen LogP contribution in [0.25, 0.3) is 0 Å². The monoisotopic (exact) mass is 170 g/mol. The predicted octanol–water partition coefficient (Wildman–Crippen LogP) is 2.23. The maximum Gasteiger partial charge on any atom is 0.137 e. The van der Waals surface area contributed by atoms with E-state index in [9.17, 15) is 0 Å². The lowest BCUT2D eigenvalue weighted by Gasteiger charge is -1.97. The van der Waals surface area contributed by atoms with Gasteiger partial charge in [0.1, 0.15) is 5.82 Å². The van der Waals surface area contributed by atoms with Gasteiger partial charge in [0.2, 0.25) is 0 Å². The van der Waals surface area contributed by atoms with E-state index in [-0.39, 0.29) is 0 Å². The molecule has 1 heterocycles. The number of anilines is 1. The van der Waals surface area contributed by atoms with Crippen LogP contribution in [-0.4, -0.2) is 4.98 Å². The molecule has 0 aliphatic rings. The Labute approximate surface area is 71.5 Å². The Kier molecular flexibility index (Phi) is 2.49. The van der Waals surface area contributed by atoms with Gasteiger partial charge in [0.15, 0.2) is 0 Å². The molecule has 0 aliphatic heterocycles. The summed E-state index contributed by atoms with van der Waals surface area (Å²) in [4.78, 5) is 5.39. The Hall–Kier alpha value is -0.570. The molecule has 2 N–H and O–H groups in total. The van der Waals surface area contributed by atoms with E-state index >= 15 is 0 Å². The molecule has 0 aliphatic carbocycles. The first-order chi connectivity index (χ1) is 5.09. The summed E-state index contributed by atoms with van der Waals surface area (Å²) in [5.41, 5.74) is 5.62. The molecule has 1 aromatic heterocycles. The number of aromatic nitrogens is 1. The zero-order chi connectivity index (χ0) is 8.43. The molecule has 0 fully saturated rings. The highest BCUT2D eigenvalue weighted by Crippen LogP contribution is 2.21. The fraction of sp³-hybridized carbons (Fsp3) is 0.625. The van der Waals surface area contributed by atoms with Gasteiger partial charge in [-0.15, -0.1) is 11.3 Å². The van der Waals surface area contributed by atoms with Gasteiger partial charge in [0.25, 0.3) is 0 Å². The Morgan fingerprint density at radius 3 is 2.55 bits per heavy atom. The zero-order valence-corrected chi connectivity index (χ0v) is 8.03. The summed E-state index contributed by atoms with van der Waals surface area (Å²) in [7, 11) is 0. The molecule has 0 saturated carbocycles. The molecule has 1 aromatic rings. The second-order valence-corrected chi connectivity index (χ2v) is 4.43. The molecule has 0 atom stereocenters. The van der Waals surface area contributed by atoms with Crippen LogP contribution in [0, 0.1) is 12.8 Å². The lowest BCUT2D eigenvalue weighted by Crippen LogP contribution is -1.93. The molecule has 0 bridgehead atoms. The van der Waals surface area contributed by atoms with E-state index in [4.69, 9.17) is 5.73 Å². The predicted molar refractivity (Wildman–Crippen MR) is 49.8 cm³/mol. The molecule has 1 rings (SSSR count). The smallest absolute Gasteiger partial charge is 0.137 e. The number of aryl methyl sites for hydroxylation is 1. The van der Waals surface area contributed by atoms with E-state index in [2.05, 4.69) is 18.8 Å². The van der Waals surface area contributed by atoms with Gasteiger partial charge in [-0.05, 0) is 12.8 Å². The van der Waals surface area contributed by atoms with Crippen molar-refractivity contribution in [3.63, 3.8) is 0 Å². The fourth-order valence-corrected chi connectivity index (χ4v) is 1.97. The van der Waals surface area contributed by atoms with Crippen molar-refractivity contribution in [3.8, 4) is 0 Å². The maximum absolute atomic E-state index is 5.62. The molecular formula is C8H14N2S. The highest BCUT2D eigenvalue weighted by Gasteiger charge is 2.05. The van der Waals surface area contributed by atoms with Crippen molar-refractivity contribution in [2.75, 3.05) is 5.73 Å². The van der Waals surface area contributed by atoms with Gasteiger partial charge in [-0.25, -0.2) is 4.98 Å². The lowest BCUT2D eigenvalue weighted by atomic mass is 10.1. The van der Waals surface area contributed by atoms with E-state index in [1.165, 1.54) is 0 Å². The molecule has 0 amide bonds. The molecule has 0 unspecified atom stereocenters. The summed E-state index contributed by atoms with van der Waals surface area (Å²) in [6, 6.07) is 0. The number of hydrogen-bond donors (Lipinski definition) is 1. The van der Waals surface area contributed by atoms with Crippen LogP contribution >= 0.6 is 11.3 Å². The molecule has 0 spiro atoms. The van der Waals surface area contributed by atoms with E-state index in [0.29, 0.717) is 11.7 Å². The topological polar surface area (TPSA) is 38.9 Å². The van der Waals surface area contributed by atoms with Gasteiger partial charge in [0.05, 0.1) is 5.01 Å². The molecule has 11 heavy (non-hydrogen) atoms. The molecule has 3 heteroatoms. The van der Waals surface area contributed by atoms with E-state index in [0.717, 1.165) is 16.3 Å². The first-order valence-electron chi connectivity index (χ1n) is 3.81. The number of thiazole rings is 1. The van der Waals surface area contributed by atoms with Crippen LogP contribution in [0.2, 0.25) is 0 Å². The summed E-state index contributed by atoms with van der Waals surface area (Å²) in [5.74, 6) is 1.37. The van der Waals surface area contributed by atoms with Crippen LogP contribution in [-0.2, 0) is 6.42 Å².